The first kappa shape index (κ1) is 16.0. The molecule has 0 aliphatic carbocycles. The normalized spacial score (nSPS) is 18.5. The highest BCUT2D eigenvalue weighted by Gasteiger charge is 2.22. The molecule has 1 atom stereocenters. The molecule has 1 aromatic rings. The number of likely N-dealkylation sites (tertiary alicyclic amines) is 1. The topological polar surface area (TPSA) is 36.5 Å². The van der Waals surface area contributed by atoms with Crippen molar-refractivity contribution in [3.63, 3.8) is 0 Å². The van der Waals surface area contributed by atoms with Crippen LogP contribution in [0.2, 0.25) is 0 Å². The van der Waals surface area contributed by atoms with Crippen molar-refractivity contribution < 1.29 is 4.74 Å². The lowest BCUT2D eigenvalue weighted by Crippen LogP contribution is -2.43. The quantitative estimate of drug-likeness (QED) is 0.788. The third kappa shape index (κ3) is 4.86. The van der Waals surface area contributed by atoms with E-state index >= 15 is 0 Å². The lowest BCUT2D eigenvalue weighted by Gasteiger charge is -2.23. The largest absolute Gasteiger partial charge is 0.497 e. The van der Waals surface area contributed by atoms with Gasteiger partial charge < -0.3 is 15.4 Å². The van der Waals surface area contributed by atoms with Crippen LogP contribution in [0.4, 0.5) is 0 Å². The van der Waals surface area contributed by atoms with Gasteiger partial charge in [0.05, 0.1) is 7.11 Å². The standard InChI is InChI=1S/C16H25N3OS/c1-3-19-10-4-5-14(19)12-18-16(21)17-11-13-6-8-15(20-2)9-7-13/h6-9,14H,3-5,10-12H2,1-2H3,(H2,17,18,21). The zero-order valence-electron chi connectivity index (χ0n) is 12.9. The molecule has 116 valence electrons. The van der Waals surface area contributed by atoms with Gasteiger partial charge in [-0.2, -0.15) is 0 Å². The Morgan fingerprint density at radius 3 is 2.76 bits per heavy atom. The Hall–Kier alpha value is -1.33. The summed E-state index contributed by atoms with van der Waals surface area (Å²) >= 11 is 5.35. The first-order valence-corrected chi connectivity index (χ1v) is 8.02. The van der Waals surface area contributed by atoms with Gasteiger partial charge in [0, 0.05) is 19.1 Å². The minimum absolute atomic E-state index is 0.621. The van der Waals surface area contributed by atoms with Gasteiger partial charge in [0.2, 0.25) is 0 Å². The van der Waals surface area contributed by atoms with Gasteiger partial charge >= 0.3 is 0 Å². The van der Waals surface area contributed by atoms with E-state index < -0.39 is 0 Å². The summed E-state index contributed by atoms with van der Waals surface area (Å²) in [6.45, 7) is 6.23. The molecule has 1 fully saturated rings. The molecule has 4 nitrogen and oxygen atoms in total. The van der Waals surface area contributed by atoms with Crippen LogP contribution in [0.3, 0.4) is 0 Å². The highest BCUT2D eigenvalue weighted by Crippen LogP contribution is 2.15. The van der Waals surface area contributed by atoms with E-state index in [9.17, 15) is 0 Å². The van der Waals surface area contributed by atoms with Crippen molar-refractivity contribution in [3.05, 3.63) is 29.8 Å². The minimum atomic E-state index is 0.621. The zero-order chi connectivity index (χ0) is 15.1. The highest BCUT2D eigenvalue weighted by molar-refractivity contribution is 7.80. The van der Waals surface area contributed by atoms with E-state index in [0.717, 1.165) is 30.5 Å². The third-order valence-electron chi connectivity index (χ3n) is 4.02. The fraction of sp³-hybridized carbons (Fsp3) is 0.562. The van der Waals surface area contributed by atoms with E-state index in [2.05, 4.69) is 22.5 Å². The Kier molecular flexibility index (Phi) is 6.26. The zero-order valence-corrected chi connectivity index (χ0v) is 13.7. The smallest absolute Gasteiger partial charge is 0.166 e. The van der Waals surface area contributed by atoms with Gasteiger partial charge in [-0.05, 0) is 55.8 Å². The van der Waals surface area contributed by atoms with E-state index in [4.69, 9.17) is 17.0 Å². The van der Waals surface area contributed by atoms with Gasteiger partial charge in [0.25, 0.3) is 0 Å². The molecule has 0 radical (unpaired) electrons. The van der Waals surface area contributed by atoms with E-state index in [-0.39, 0.29) is 0 Å². The number of nitrogens with one attached hydrogen (secondary N) is 2. The SMILES string of the molecule is CCN1CCCC1CNC(=S)NCc1ccc(OC)cc1. The summed E-state index contributed by atoms with van der Waals surface area (Å²) in [5.41, 5.74) is 1.19. The van der Waals surface area contributed by atoms with Crippen LogP contribution in [0.1, 0.15) is 25.3 Å². The number of nitrogens with zero attached hydrogens (tertiary/aromatic N) is 1. The number of methoxy groups -OCH3 is 1. The monoisotopic (exact) mass is 307 g/mol. The summed E-state index contributed by atoms with van der Waals surface area (Å²) in [7, 11) is 1.68. The fourth-order valence-electron chi connectivity index (χ4n) is 2.74. The van der Waals surface area contributed by atoms with Gasteiger partial charge in [-0.15, -0.1) is 0 Å². The van der Waals surface area contributed by atoms with Gasteiger partial charge in [0.1, 0.15) is 5.75 Å². The van der Waals surface area contributed by atoms with Crippen LogP contribution in [0.25, 0.3) is 0 Å². The maximum absolute atomic E-state index is 5.35. The Bertz CT molecular complexity index is 449. The molecular formula is C16H25N3OS. The molecule has 0 saturated carbocycles. The first-order chi connectivity index (χ1) is 10.2. The van der Waals surface area contributed by atoms with Crippen LogP contribution >= 0.6 is 12.2 Å². The minimum Gasteiger partial charge on any atom is -0.497 e. The average Bonchev–Trinajstić information content (AvgIpc) is 2.99. The number of hydrogen-bond donors (Lipinski definition) is 2. The summed E-state index contributed by atoms with van der Waals surface area (Å²) in [5, 5.41) is 7.32. The van der Waals surface area contributed by atoms with Crippen molar-refractivity contribution in [2.75, 3.05) is 26.7 Å². The first-order valence-electron chi connectivity index (χ1n) is 7.61. The van der Waals surface area contributed by atoms with Crippen molar-refractivity contribution >= 4 is 17.3 Å². The van der Waals surface area contributed by atoms with Crippen molar-refractivity contribution in [2.45, 2.75) is 32.4 Å². The van der Waals surface area contributed by atoms with Crippen LogP contribution in [0.15, 0.2) is 24.3 Å². The van der Waals surface area contributed by atoms with Gasteiger partial charge in [-0.1, -0.05) is 19.1 Å². The fourth-order valence-corrected chi connectivity index (χ4v) is 2.90. The highest BCUT2D eigenvalue weighted by atomic mass is 32.1. The maximum Gasteiger partial charge on any atom is 0.166 e. The predicted octanol–water partition coefficient (Wildman–Crippen LogP) is 2.14. The Morgan fingerprint density at radius 1 is 1.33 bits per heavy atom. The molecule has 1 aliphatic rings. The molecule has 1 heterocycles. The molecule has 0 bridgehead atoms. The van der Waals surface area contributed by atoms with Crippen molar-refractivity contribution in [1.29, 1.82) is 0 Å². The molecule has 5 heteroatoms. The van der Waals surface area contributed by atoms with Crippen LogP contribution in [0, 0.1) is 0 Å². The lowest BCUT2D eigenvalue weighted by atomic mass is 10.2. The number of rotatable bonds is 6. The molecule has 0 spiro atoms. The summed E-state index contributed by atoms with van der Waals surface area (Å²) < 4.78 is 5.15. The second-order valence-corrected chi connectivity index (χ2v) is 5.74. The molecule has 1 unspecified atom stereocenters. The Labute approximate surface area is 132 Å². The second-order valence-electron chi connectivity index (χ2n) is 5.34. The Balaban J connectivity index is 1.69. The molecule has 0 amide bonds. The van der Waals surface area contributed by atoms with Crippen LogP contribution in [-0.2, 0) is 6.54 Å². The summed E-state index contributed by atoms with van der Waals surface area (Å²) in [6.07, 6.45) is 2.56. The van der Waals surface area contributed by atoms with Crippen LogP contribution in [0.5, 0.6) is 5.75 Å². The number of thiocarbonyl (C=S) groups is 1. The summed E-state index contributed by atoms with van der Waals surface area (Å²) in [5.74, 6) is 0.875. The number of benzene rings is 1. The molecular weight excluding hydrogens is 282 g/mol. The average molecular weight is 307 g/mol. The molecule has 2 rings (SSSR count). The van der Waals surface area contributed by atoms with Crippen molar-refractivity contribution in [2.24, 2.45) is 0 Å². The summed E-state index contributed by atoms with van der Waals surface area (Å²) in [6, 6.07) is 8.64. The van der Waals surface area contributed by atoms with Crippen molar-refractivity contribution in [3.8, 4) is 5.75 Å². The molecule has 2 N–H and O–H groups in total. The van der Waals surface area contributed by atoms with E-state index in [1.807, 2.05) is 24.3 Å². The number of ether oxygens (including phenoxy) is 1. The van der Waals surface area contributed by atoms with E-state index in [0.29, 0.717) is 6.04 Å². The molecule has 0 aromatic heterocycles. The van der Waals surface area contributed by atoms with Crippen LogP contribution in [-0.4, -0.2) is 42.8 Å². The summed E-state index contributed by atoms with van der Waals surface area (Å²) in [4.78, 5) is 2.51. The van der Waals surface area contributed by atoms with Gasteiger partial charge in [-0.25, -0.2) is 0 Å². The molecule has 1 saturated heterocycles. The third-order valence-corrected chi connectivity index (χ3v) is 4.30. The predicted molar refractivity (Wildman–Crippen MR) is 90.7 cm³/mol. The lowest BCUT2D eigenvalue weighted by molar-refractivity contribution is 0.267. The van der Waals surface area contributed by atoms with E-state index in [1.165, 1.54) is 24.9 Å². The molecule has 21 heavy (non-hydrogen) atoms. The second kappa shape index (κ2) is 8.20. The molecule has 1 aromatic carbocycles. The molecule has 1 aliphatic heterocycles. The van der Waals surface area contributed by atoms with Crippen LogP contribution < -0.4 is 15.4 Å². The number of hydrogen-bond acceptors (Lipinski definition) is 3. The Morgan fingerprint density at radius 2 is 2.10 bits per heavy atom. The van der Waals surface area contributed by atoms with Gasteiger partial charge in [0.15, 0.2) is 5.11 Å². The number of likely N-dealkylation sites (N-methyl/N-ethyl adjacent to an activating group) is 1. The van der Waals surface area contributed by atoms with Gasteiger partial charge in [-0.3, -0.25) is 4.90 Å². The van der Waals surface area contributed by atoms with Crippen molar-refractivity contribution in [1.82, 2.24) is 15.5 Å². The van der Waals surface area contributed by atoms with E-state index in [1.54, 1.807) is 7.11 Å². The maximum atomic E-state index is 5.35.